The molecular formula is C16H26O2. The highest BCUT2D eigenvalue weighted by Crippen LogP contribution is 2.47. The minimum absolute atomic E-state index is 0.904. The van der Waals surface area contributed by atoms with Gasteiger partial charge in [-0.15, -0.1) is 0 Å². The van der Waals surface area contributed by atoms with Crippen molar-refractivity contribution in [2.45, 2.75) is 38.5 Å². The molecule has 102 valence electrons. The average molecular weight is 250 g/mol. The van der Waals surface area contributed by atoms with Gasteiger partial charge in [-0.05, 0) is 74.0 Å². The van der Waals surface area contributed by atoms with Gasteiger partial charge in [-0.1, -0.05) is 0 Å². The third-order valence-corrected chi connectivity index (χ3v) is 6.36. The molecule has 0 amide bonds. The Balaban J connectivity index is 1.38. The standard InChI is InChI=1S/C16H26O2/c1-3-13-7-17-9-15(13)5-11(1)12-2-4-14-8-18-10-16(14)6-12/h11-16H,1-10H2. The van der Waals surface area contributed by atoms with Crippen molar-refractivity contribution in [2.24, 2.45) is 35.5 Å². The topological polar surface area (TPSA) is 18.5 Å². The van der Waals surface area contributed by atoms with E-state index in [4.69, 9.17) is 9.47 Å². The molecule has 2 heterocycles. The fourth-order valence-corrected chi connectivity index (χ4v) is 5.17. The van der Waals surface area contributed by atoms with E-state index in [0.717, 1.165) is 61.9 Å². The summed E-state index contributed by atoms with van der Waals surface area (Å²) >= 11 is 0. The van der Waals surface area contributed by atoms with Crippen molar-refractivity contribution in [3.8, 4) is 0 Å². The van der Waals surface area contributed by atoms with Crippen molar-refractivity contribution in [2.75, 3.05) is 26.4 Å². The Morgan fingerprint density at radius 2 is 0.833 bits per heavy atom. The van der Waals surface area contributed by atoms with E-state index in [1.807, 2.05) is 0 Å². The summed E-state index contributed by atoms with van der Waals surface area (Å²) in [5.74, 6) is 5.64. The molecule has 4 fully saturated rings. The van der Waals surface area contributed by atoms with Gasteiger partial charge in [0.1, 0.15) is 0 Å². The molecule has 2 saturated carbocycles. The Bertz CT molecular complexity index is 273. The summed E-state index contributed by atoms with van der Waals surface area (Å²) in [5, 5.41) is 0. The van der Waals surface area contributed by atoms with Gasteiger partial charge in [0, 0.05) is 26.4 Å². The van der Waals surface area contributed by atoms with Crippen molar-refractivity contribution in [1.82, 2.24) is 0 Å². The van der Waals surface area contributed by atoms with Crippen molar-refractivity contribution < 1.29 is 9.47 Å². The SMILES string of the molecule is C1CC(C2CCC3COCC3C2)CC2COCC12. The Hall–Kier alpha value is -0.0800. The Kier molecular flexibility index (Phi) is 3.12. The molecule has 0 N–H and O–H groups in total. The number of hydrogen-bond acceptors (Lipinski definition) is 2. The summed E-state index contributed by atoms with van der Waals surface area (Å²) in [6.07, 6.45) is 8.77. The maximum absolute atomic E-state index is 5.68. The van der Waals surface area contributed by atoms with Gasteiger partial charge >= 0.3 is 0 Å². The van der Waals surface area contributed by atoms with Gasteiger partial charge in [0.05, 0.1) is 0 Å². The molecule has 4 aliphatic rings. The zero-order valence-corrected chi connectivity index (χ0v) is 11.4. The maximum Gasteiger partial charge on any atom is 0.0498 e. The predicted molar refractivity (Wildman–Crippen MR) is 70.3 cm³/mol. The van der Waals surface area contributed by atoms with E-state index in [0.29, 0.717) is 0 Å². The maximum atomic E-state index is 5.68. The molecule has 0 aromatic carbocycles. The normalized spacial score (nSPS) is 52.0. The van der Waals surface area contributed by atoms with Crippen molar-refractivity contribution in [3.05, 3.63) is 0 Å². The van der Waals surface area contributed by atoms with Crippen LogP contribution in [0.4, 0.5) is 0 Å². The van der Waals surface area contributed by atoms with Crippen molar-refractivity contribution in [1.29, 1.82) is 0 Å². The summed E-state index contributed by atoms with van der Waals surface area (Å²) in [6, 6.07) is 0. The molecule has 2 aliphatic heterocycles. The zero-order valence-electron chi connectivity index (χ0n) is 11.4. The van der Waals surface area contributed by atoms with Crippen LogP contribution in [0.2, 0.25) is 0 Å². The summed E-state index contributed by atoms with van der Waals surface area (Å²) < 4.78 is 11.4. The molecule has 2 saturated heterocycles. The lowest BCUT2D eigenvalue weighted by atomic mass is 9.64. The van der Waals surface area contributed by atoms with Crippen molar-refractivity contribution >= 4 is 0 Å². The molecule has 2 nitrogen and oxygen atoms in total. The number of fused-ring (bicyclic) bond motifs is 2. The third-order valence-electron chi connectivity index (χ3n) is 6.36. The van der Waals surface area contributed by atoms with Crippen LogP contribution < -0.4 is 0 Å². The van der Waals surface area contributed by atoms with Crippen LogP contribution in [0, 0.1) is 35.5 Å². The fourth-order valence-electron chi connectivity index (χ4n) is 5.17. The molecule has 0 spiro atoms. The van der Waals surface area contributed by atoms with E-state index in [2.05, 4.69) is 0 Å². The highest BCUT2D eigenvalue weighted by Gasteiger charge is 2.41. The van der Waals surface area contributed by atoms with Gasteiger partial charge in [0.2, 0.25) is 0 Å². The molecule has 2 aliphatic carbocycles. The second-order valence-electron chi connectivity index (χ2n) is 7.26. The van der Waals surface area contributed by atoms with Gasteiger partial charge in [-0.2, -0.15) is 0 Å². The highest BCUT2D eigenvalue weighted by atomic mass is 16.5. The Morgan fingerprint density at radius 1 is 0.444 bits per heavy atom. The summed E-state index contributed by atoms with van der Waals surface area (Å²) in [7, 11) is 0. The molecule has 0 aromatic heterocycles. The first-order valence-electron chi connectivity index (χ1n) is 8.05. The van der Waals surface area contributed by atoms with E-state index in [-0.39, 0.29) is 0 Å². The highest BCUT2D eigenvalue weighted by molar-refractivity contribution is 4.90. The number of rotatable bonds is 1. The van der Waals surface area contributed by atoms with Gasteiger partial charge in [0.15, 0.2) is 0 Å². The lowest BCUT2D eigenvalue weighted by Gasteiger charge is -2.40. The summed E-state index contributed by atoms with van der Waals surface area (Å²) in [4.78, 5) is 0. The second kappa shape index (κ2) is 4.79. The Labute approximate surface area is 110 Å². The molecule has 6 atom stereocenters. The van der Waals surface area contributed by atoms with Crippen LogP contribution in [-0.2, 0) is 9.47 Å². The third kappa shape index (κ3) is 2.02. The van der Waals surface area contributed by atoms with Gasteiger partial charge in [-0.25, -0.2) is 0 Å². The average Bonchev–Trinajstić information content (AvgIpc) is 3.05. The summed E-state index contributed by atoms with van der Waals surface area (Å²) in [6.45, 7) is 4.23. The molecular weight excluding hydrogens is 224 g/mol. The van der Waals surface area contributed by atoms with Crippen molar-refractivity contribution in [3.63, 3.8) is 0 Å². The fraction of sp³-hybridized carbons (Fsp3) is 1.00. The first-order chi connectivity index (χ1) is 8.90. The smallest absolute Gasteiger partial charge is 0.0498 e. The van der Waals surface area contributed by atoms with Crippen LogP contribution in [0.3, 0.4) is 0 Å². The molecule has 18 heavy (non-hydrogen) atoms. The lowest BCUT2D eigenvalue weighted by molar-refractivity contribution is 0.105. The van der Waals surface area contributed by atoms with Crippen LogP contribution in [0.15, 0.2) is 0 Å². The van der Waals surface area contributed by atoms with Gasteiger partial charge < -0.3 is 9.47 Å². The Morgan fingerprint density at radius 3 is 1.33 bits per heavy atom. The number of hydrogen-bond donors (Lipinski definition) is 0. The van der Waals surface area contributed by atoms with E-state index < -0.39 is 0 Å². The summed E-state index contributed by atoms with van der Waals surface area (Å²) in [5.41, 5.74) is 0. The van der Waals surface area contributed by atoms with Gasteiger partial charge in [0.25, 0.3) is 0 Å². The second-order valence-corrected chi connectivity index (χ2v) is 7.26. The van der Waals surface area contributed by atoms with Crippen LogP contribution >= 0.6 is 0 Å². The zero-order chi connectivity index (χ0) is 11.9. The molecule has 0 bridgehead atoms. The predicted octanol–water partition coefficient (Wildman–Crippen LogP) is 3.11. The van der Waals surface area contributed by atoms with Crippen LogP contribution in [0.5, 0.6) is 0 Å². The largest absolute Gasteiger partial charge is 0.381 e. The minimum atomic E-state index is 0.904. The first-order valence-corrected chi connectivity index (χ1v) is 8.05. The molecule has 2 heteroatoms. The van der Waals surface area contributed by atoms with E-state index in [9.17, 15) is 0 Å². The molecule has 0 radical (unpaired) electrons. The van der Waals surface area contributed by atoms with E-state index in [1.165, 1.54) is 38.5 Å². The minimum Gasteiger partial charge on any atom is -0.381 e. The number of ether oxygens (including phenoxy) is 2. The van der Waals surface area contributed by atoms with Crippen LogP contribution in [0.25, 0.3) is 0 Å². The van der Waals surface area contributed by atoms with Gasteiger partial charge in [-0.3, -0.25) is 0 Å². The quantitative estimate of drug-likeness (QED) is 0.712. The van der Waals surface area contributed by atoms with Crippen LogP contribution in [-0.4, -0.2) is 26.4 Å². The van der Waals surface area contributed by atoms with E-state index in [1.54, 1.807) is 0 Å². The molecule has 0 aromatic rings. The van der Waals surface area contributed by atoms with Crippen LogP contribution in [0.1, 0.15) is 38.5 Å². The monoisotopic (exact) mass is 250 g/mol. The lowest BCUT2D eigenvalue weighted by Crippen LogP contribution is -2.33. The molecule has 4 rings (SSSR count). The molecule has 6 unspecified atom stereocenters. The first kappa shape index (κ1) is 11.7. The van der Waals surface area contributed by atoms with E-state index >= 15 is 0 Å².